The zero-order chi connectivity index (χ0) is 16.8. The lowest BCUT2D eigenvalue weighted by molar-refractivity contribution is -0.239. The molecule has 3 nitrogen and oxygen atoms in total. The largest absolute Gasteiger partial charge is 0.393 e. The first-order chi connectivity index (χ1) is 10.6. The molecule has 0 unspecified atom stereocenters. The van der Waals surface area contributed by atoms with E-state index >= 15 is 0 Å². The van der Waals surface area contributed by atoms with Crippen LogP contribution in [0, 0.1) is 34.0 Å². The quantitative estimate of drug-likeness (QED) is 0.602. The Morgan fingerprint density at radius 3 is 2.35 bits per heavy atom. The highest BCUT2D eigenvalue weighted by atomic mass is 16.3. The number of aliphatic hydroxyl groups excluding tert-OH is 3. The van der Waals surface area contributed by atoms with Gasteiger partial charge < -0.3 is 15.3 Å². The maximum atomic E-state index is 11.1. The average Bonchev–Trinajstić information content (AvgIpc) is 2.58. The molecule has 0 amide bonds. The van der Waals surface area contributed by atoms with Crippen LogP contribution in [0.15, 0.2) is 12.2 Å². The maximum Gasteiger partial charge on any atom is 0.0811 e. The number of hydrogen-bond acceptors (Lipinski definition) is 3. The van der Waals surface area contributed by atoms with Crippen LogP contribution in [0.3, 0.4) is 0 Å². The zero-order valence-electron chi connectivity index (χ0n) is 14.8. The second-order valence-corrected chi connectivity index (χ2v) is 9.99. The van der Waals surface area contributed by atoms with Gasteiger partial charge in [0.1, 0.15) is 0 Å². The van der Waals surface area contributed by atoms with Crippen molar-refractivity contribution >= 4 is 0 Å². The first kappa shape index (κ1) is 16.1. The lowest BCUT2D eigenvalue weighted by atomic mass is 9.39. The van der Waals surface area contributed by atoms with Crippen LogP contribution in [0.5, 0.6) is 0 Å². The highest BCUT2D eigenvalue weighted by Gasteiger charge is 2.70. The van der Waals surface area contributed by atoms with E-state index in [4.69, 9.17) is 0 Å². The van der Waals surface area contributed by atoms with Crippen molar-refractivity contribution in [3.8, 4) is 0 Å². The van der Waals surface area contributed by atoms with E-state index in [0.29, 0.717) is 6.42 Å². The van der Waals surface area contributed by atoms with E-state index in [0.717, 1.165) is 37.7 Å². The van der Waals surface area contributed by atoms with Crippen molar-refractivity contribution in [1.29, 1.82) is 0 Å². The van der Waals surface area contributed by atoms with E-state index in [9.17, 15) is 15.3 Å². The summed E-state index contributed by atoms with van der Waals surface area (Å²) in [5, 5.41) is 33.2. The van der Waals surface area contributed by atoms with Gasteiger partial charge in [0.25, 0.3) is 0 Å². The van der Waals surface area contributed by atoms with Crippen molar-refractivity contribution in [2.24, 2.45) is 34.0 Å². The Kier molecular flexibility index (Phi) is 3.23. The molecule has 0 aromatic heterocycles. The van der Waals surface area contributed by atoms with Gasteiger partial charge in [-0.05, 0) is 66.3 Å². The lowest BCUT2D eigenvalue weighted by Gasteiger charge is -2.66. The fourth-order valence-corrected chi connectivity index (χ4v) is 8.00. The highest BCUT2D eigenvalue weighted by molar-refractivity contribution is 5.29. The first-order valence-corrected chi connectivity index (χ1v) is 9.36. The van der Waals surface area contributed by atoms with Crippen molar-refractivity contribution in [3.63, 3.8) is 0 Å². The Morgan fingerprint density at radius 1 is 0.957 bits per heavy atom. The topological polar surface area (TPSA) is 60.7 Å². The van der Waals surface area contributed by atoms with E-state index in [1.807, 2.05) is 0 Å². The second kappa shape index (κ2) is 4.62. The average molecular weight is 320 g/mol. The summed E-state index contributed by atoms with van der Waals surface area (Å²) in [6.07, 6.45) is 4.25. The zero-order valence-corrected chi connectivity index (χ0v) is 14.8. The lowest BCUT2D eigenvalue weighted by Crippen LogP contribution is -2.66. The monoisotopic (exact) mass is 320 g/mol. The number of rotatable bonds is 0. The third kappa shape index (κ3) is 1.82. The molecule has 1 spiro atoms. The van der Waals surface area contributed by atoms with Crippen molar-refractivity contribution in [1.82, 2.24) is 0 Å². The van der Waals surface area contributed by atoms with Crippen LogP contribution in [-0.4, -0.2) is 33.6 Å². The molecule has 2 bridgehead atoms. The van der Waals surface area contributed by atoms with Crippen molar-refractivity contribution in [3.05, 3.63) is 12.2 Å². The summed E-state index contributed by atoms with van der Waals surface area (Å²) in [7, 11) is 0. The minimum absolute atomic E-state index is 0.0773. The van der Waals surface area contributed by atoms with Crippen LogP contribution < -0.4 is 0 Å². The molecule has 4 rings (SSSR count). The summed E-state index contributed by atoms with van der Waals surface area (Å²) in [4.78, 5) is 0. The van der Waals surface area contributed by atoms with Crippen molar-refractivity contribution in [2.75, 3.05) is 0 Å². The molecule has 130 valence electrons. The molecule has 0 radical (unpaired) electrons. The standard InChI is InChI=1S/C20H32O3/c1-11-12-8-13(21)16-19(4)7-5-6-18(2,3)15(19)14(22)10-20(16,9-12)17(11)23/h12-17,21-23H,1,5-10H2,2-4H3/t12-,13+,14+,15-,16+,17-,19-,20+/m0/s1. The van der Waals surface area contributed by atoms with E-state index in [1.165, 1.54) is 0 Å². The molecule has 4 fully saturated rings. The van der Waals surface area contributed by atoms with Gasteiger partial charge in [-0.15, -0.1) is 0 Å². The van der Waals surface area contributed by atoms with Crippen molar-refractivity contribution in [2.45, 2.75) is 77.6 Å². The predicted octanol–water partition coefficient (Wildman–Crippen LogP) is 2.89. The Labute approximate surface area is 139 Å². The number of hydrogen-bond donors (Lipinski definition) is 3. The molecule has 4 saturated carbocycles. The maximum absolute atomic E-state index is 11.1. The third-order valence-electron chi connectivity index (χ3n) is 8.35. The molecule has 3 heteroatoms. The fourth-order valence-electron chi connectivity index (χ4n) is 8.00. The fraction of sp³-hybridized carbons (Fsp3) is 0.900. The van der Waals surface area contributed by atoms with Gasteiger partial charge in [0.15, 0.2) is 0 Å². The summed E-state index contributed by atoms with van der Waals surface area (Å²) in [5.41, 5.74) is 0.522. The molecule has 8 atom stereocenters. The number of fused-ring (bicyclic) bond motifs is 3. The molecule has 0 aliphatic heterocycles. The van der Waals surface area contributed by atoms with E-state index < -0.39 is 12.2 Å². The molecular formula is C20H32O3. The van der Waals surface area contributed by atoms with E-state index in [-0.39, 0.29) is 40.1 Å². The van der Waals surface area contributed by atoms with Gasteiger partial charge >= 0.3 is 0 Å². The summed E-state index contributed by atoms with van der Waals surface area (Å²) < 4.78 is 0. The summed E-state index contributed by atoms with van der Waals surface area (Å²) in [5.74, 6) is 0.500. The smallest absolute Gasteiger partial charge is 0.0811 e. The Balaban J connectivity index is 1.86. The molecular weight excluding hydrogens is 288 g/mol. The summed E-state index contributed by atoms with van der Waals surface area (Å²) >= 11 is 0. The van der Waals surface area contributed by atoms with Gasteiger partial charge in [0, 0.05) is 5.41 Å². The van der Waals surface area contributed by atoms with Gasteiger partial charge in [-0.1, -0.05) is 33.8 Å². The molecule has 0 saturated heterocycles. The van der Waals surface area contributed by atoms with Gasteiger partial charge in [-0.3, -0.25) is 0 Å². The van der Waals surface area contributed by atoms with Gasteiger partial charge in [-0.2, -0.15) is 0 Å². The second-order valence-electron chi connectivity index (χ2n) is 9.99. The summed E-state index contributed by atoms with van der Waals surface area (Å²) in [6, 6.07) is 0. The van der Waals surface area contributed by atoms with Gasteiger partial charge in [0.05, 0.1) is 18.3 Å². The van der Waals surface area contributed by atoms with E-state index in [2.05, 4.69) is 27.4 Å². The van der Waals surface area contributed by atoms with Crippen LogP contribution in [0.2, 0.25) is 0 Å². The molecule has 0 aromatic rings. The molecule has 3 N–H and O–H groups in total. The molecule has 23 heavy (non-hydrogen) atoms. The van der Waals surface area contributed by atoms with Crippen LogP contribution >= 0.6 is 0 Å². The van der Waals surface area contributed by atoms with Crippen LogP contribution in [0.1, 0.15) is 59.3 Å². The predicted molar refractivity (Wildman–Crippen MR) is 89.7 cm³/mol. The minimum atomic E-state index is -0.563. The van der Waals surface area contributed by atoms with E-state index in [1.54, 1.807) is 0 Å². The van der Waals surface area contributed by atoms with Gasteiger partial charge in [0.2, 0.25) is 0 Å². The Bertz CT molecular complexity index is 541. The summed E-state index contributed by atoms with van der Waals surface area (Å²) in [6.45, 7) is 11.0. The van der Waals surface area contributed by atoms with Crippen LogP contribution in [0.4, 0.5) is 0 Å². The van der Waals surface area contributed by atoms with Crippen LogP contribution in [0.25, 0.3) is 0 Å². The number of aliphatic hydroxyl groups is 3. The molecule has 4 aliphatic rings. The highest BCUT2D eigenvalue weighted by Crippen LogP contribution is 2.71. The van der Waals surface area contributed by atoms with Crippen molar-refractivity contribution < 1.29 is 15.3 Å². The SMILES string of the molecule is C=C1[C@H]2C[C@@H](O)[C@@H]3[C@@]4(C)CCCC(C)(C)[C@@H]4[C@H](O)C[C@@]3(C2)[C@H]1O. The Morgan fingerprint density at radius 2 is 1.65 bits per heavy atom. The normalized spacial score (nSPS) is 57.7. The molecule has 4 aliphatic carbocycles. The molecule has 0 heterocycles. The van der Waals surface area contributed by atoms with Crippen LogP contribution in [-0.2, 0) is 0 Å². The van der Waals surface area contributed by atoms with Gasteiger partial charge in [-0.25, -0.2) is 0 Å². The third-order valence-corrected chi connectivity index (χ3v) is 8.35. The molecule has 0 aromatic carbocycles. The minimum Gasteiger partial charge on any atom is -0.393 e. The first-order valence-electron chi connectivity index (χ1n) is 9.36. The Hall–Kier alpha value is -0.380.